The van der Waals surface area contributed by atoms with Crippen LogP contribution in [0.5, 0.6) is 5.88 Å². The summed E-state index contributed by atoms with van der Waals surface area (Å²) in [6.07, 6.45) is 0.897. The second-order valence-corrected chi connectivity index (χ2v) is 7.87. The highest BCUT2D eigenvalue weighted by Gasteiger charge is 2.37. The minimum absolute atomic E-state index is 0.0293. The van der Waals surface area contributed by atoms with Crippen LogP contribution in [0.2, 0.25) is 0 Å². The average Bonchev–Trinajstić information content (AvgIpc) is 3.13. The summed E-state index contributed by atoms with van der Waals surface area (Å²) in [6, 6.07) is 2.91. The number of rotatable bonds is 5. The van der Waals surface area contributed by atoms with Crippen molar-refractivity contribution in [1.29, 1.82) is 0 Å². The Bertz CT molecular complexity index is 953. The van der Waals surface area contributed by atoms with E-state index in [1.165, 1.54) is 22.8 Å². The van der Waals surface area contributed by atoms with Gasteiger partial charge in [0.15, 0.2) is 0 Å². The van der Waals surface area contributed by atoms with Gasteiger partial charge in [0.25, 0.3) is 5.88 Å². The van der Waals surface area contributed by atoms with Crippen molar-refractivity contribution in [3.8, 4) is 11.8 Å². The number of likely N-dealkylation sites (tertiary alicyclic amines) is 1. The van der Waals surface area contributed by atoms with Crippen LogP contribution >= 0.6 is 0 Å². The van der Waals surface area contributed by atoms with E-state index in [-0.39, 0.29) is 55.5 Å². The second-order valence-electron chi connectivity index (χ2n) is 7.87. The first-order chi connectivity index (χ1) is 14.7. The molecule has 0 radical (unpaired) electrons. The molecule has 2 aromatic heterocycles. The van der Waals surface area contributed by atoms with Crippen LogP contribution < -0.4 is 14.8 Å². The lowest BCUT2D eigenvalue weighted by molar-refractivity contribution is -0.588. The van der Waals surface area contributed by atoms with E-state index in [4.69, 9.17) is 4.74 Å². The van der Waals surface area contributed by atoms with Gasteiger partial charge in [0.1, 0.15) is 6.10 Å². The smallest absolute Gasteiger partial charge is 0.409 e. The number of carbonyl (C=O) groups is 1. The van der Waals surface area contributed by atoms with Gasteiger partial charge in [-0.2, -0.15) is 0 Å². The molecule has 2 fully saturated rings. The molecule has 10 nitrogen and oxygen atoms in total. The maximum Gasteiger partial charge on any atom is 0.409 e. The average molecular weight is 438 g/mol. The first-order valence-electron chi connectivity index (χ1n) is 10.1. The van der Waals surface area contributed by atoms with E-state index in [0.717, 1.165) is 0 Å². The summed E-state index contributed by atoms with van der Waals surface area (Å²) in [6.45, 7) is 2.44. The molecule has 2 aromatic rings. The number of nitrogens with zero attached hydrogens (tertiary/aromatic N) is 5. The zero-order chi connectivity index (χ0) is 22.2. The number of ether oxygens (including phenoxy) is 2. The molecule has 1 N–H and O–H groups in total. The zero-order valence-corrected chi connectivity index (χ0v) is 17.3. The van der Waals surface area contributed by atoms with Gasteiger partial charge in [0.05, 0.1) is 44.2 Å². The molecule has 168 valence electrons. The van der Waals surface area contributed by atoms with E-state index in [2.05, 4.69) is 20.1 Å². The molecule has 0 spiro atoms. The maximum atomic E-state index is 13.5. The quantitative estimate of drug-likeness (QED) is 0.562. The van der Waals surface area contributed by atoms with E-state index in [1.807, 2.05) is 0 Å². The second kappa shape index (κ2) is 8.16. The van der Waals surface area contributed by atoms with Gasteiger partial charge in [-0.25, -0.2) is 18.3 Å². The topological polar surface area (TPSA) is 108 Å². The third-order valence-corrected chi connectivity index (χ3v) is 5.44. The lowest BCUT2D eigenvalue weighted by atomic mass is 9.92. The van der Waals surface area contributed by atoms with E-state index in [1.54, 1.807) is 19.2 Å². The fourth-order valence-corrected chi connectivity index (χ4v) is 3.65. The molecule has 1 aliphatic carbocycles. The van der Waals surface area contributed by atoms with E-state index in [0.29, 0.717) is 23.5 Å². The van der Waals surface area contributed by atoms with Crippen molar-refractivity contribution < 1.29 is 27.8 Å². The largest absolute Gasteiger partial charge is 0.754 e. The van der Waals surface area contributed by atoms with Crippen molar-refractivity contribution in [1.82, 2.24) is 19.7 Å². The molecule has 0 atom stereocenters. The van der Waals surface area contributed by atoms with Crippen molar-refractivity contribution >= 4 is 11.9 Å². The molecule has 1 saturated carbocycles. The van der Waals surface area contributed by atoms with Crippen LogP contribution in [0.1, 0.15) is 31.4 Å². The molecule has 2 aliphatic rings. The third-order valence-electron chi connectivity index (χ3n) is 5.44. The number of aromatic nitrogens is 4. The van der Waals surface area contributed by atoms with Gasteiger partial charge >= 0.3 is 12.0 Å². The first-order valence-corrected chi connectivity index (χ1v) is 10.1. The molecular formula is C19H24F2N6O4. The standard InChI is InChI=1S/C19H24F2N6O4/c1-12-5-8-26(24-12)17-23-16(31-14-10-25(11-14)18(28)30-2)9-15(27(17)29)22-13-3-6-19(20,21)7-4-13/h5,8-9,13-14,22H,3-4,6-7,10-11H2,1-2H3. The number of carbonyl (C=O) groups excluding carboxylic acids is 1. The summed E-state index contributed by atoms with van der Waals surface area (Å²) in [5.41, 5.74) is 0.699. The lowest BCUT2D eigenvalue weighted by Crippen LogP contribution is -2.56. The third kappa shape index (κ3) is 4.62. The van der Waals surface area contributed by atoms with Gasteiger partial charge < -0.3 is 24.9 Å². The van der Waals surface area contributed by atoms with Gasteiger partial charge in [-0.15, -0.1) is 9.78 Å². The molecular weight excluding hydrogens is 414 g/mol. The summed E-state index contributed by atoms with van der Waals surface area (Å²) in [5, 5.41) is 20.2. The van der Waals surface area contributed by atoms with Crippen molar-refractivity contribution in [2.45, 2.75) is 50.7 Å². The Morgan fingerprint density at radius 1 is 1.35 bits per heavy atom. The highest BCUT2D eigenvalue weighted by atomic mass is 19.3. The summed E-state index contributed by atoms with van der Waals surface area (Å²) >= 11 is 0. The van der Waals surface area contributed by atoms with Crippen LogP contribution in [0.4, 0.5) is 19.4 Å². The molecule has 1 aliphatic heterocycles. The van der Waals surface area contributed by atoms with Crippen LogP contribution in [0.3, 0.4) is 0 Å². The summed E-state index contributed by atoms with van der Waals surface area (Å²) in [5.74, 6) is -2.37. The normalized spacial score (nSPS) is 19.0. The van der Waals surface area contributed by atoms with E-state index < -0.39 is 12.0 Å². The predicted octanol–water partition coefficient (Wildman–Crippen LogP) is 2.03. The Morgan fingerprint density at radius 2 is 2.06 bits per heavy atom. The number of anilines is 1. The Labute approximate surface area is 177 Å². The van der Waals surface area contributed by atoms with Gasteiger partial charge in [-0.05, 0) is 25.8 Å². The molecule has 1 amide bonds. The fraction of sp³-hybridized carbons (Fsp3) is 0.579. The number of amides is 1. The fourth-order valence-electron chi connectivity index (χ4n) is 3.65. The number of alkyl halides is 2. The number of halogens is 2. The van der Waals surface area contributed by atoms with Gasteiger partial charge in [0, 0.05) is 12.8 Å². The van der Waals surface area contributed by atoms with E-state index in [9.17, 15) is 18.8 Å². The predicted molar refractivity (Wildman–Crippen MR) is 104 cm³/mol. The van der Waals surface area contributed by atoms with Crippen LogP contribution in [0, 0.1) is 12.1 Å². The monoisotopic (exact) mass is 438 g/mol. The molecule has 3 heterocycles. The Kier molecular flexibility index (Phi) is 5.54. The Balaban J connectivity index is 1.55. The molecule has 4 rings (SSSR count). The summed E-state index contributed by atoms with van der Waals surface area (Å²) in [7, 11) is 1.31. The van der Waals surface area contributed by atoms with Crippen molar-refractivity contribution in [3.05, 3.63) is 29.2 Å². The number of hydrogen-bond donors (Lipinski definition) is 1. The van der Waals surface area contributed by atoms with Crippen molar-refractivity contribution in [2.24, 2.45) is 0 Å². The minimum Gasteiger partial charge on any atom is -0.754 e. The van der Waals surface area contributed by atoms with Crippen LogP contribution in [0.15, 0.2) is 18.3 Å². The van der Waals surface area contributed by atoms with Crippen LogP contribution in [-0.4, -0.2) is 64.0 Å². The molecule has 1 saturated heterocycles. The molecule has 0 unspecified atom stereocenters. The van der Waals surface area contributed by atoms with Crippen molar-refractivity contribution in [2.75, 3.05) is 25.5 Å². The number of methoxy groups -OCH3 is 1. The van der Waals surface area contributed by atoms with Crippen LogP contribution in [0.25, 0.3) is 5.95 Å². The van der Waals surface area contributed by atoms with E-state index >= 15 is 0 Å². The SMILES string of the molecule is COC(=O)N1CC(Oc2cc(NC3CCC(F)(F)CC3)[n+]([O-])c(-n3ccc(C)n3)n2)C1. The van der Waals surface area contributed by atoms with Gasteiger partial charge in [0.2, 0.25) is 11.7 Å². The van der Waals surface area contributed by atoms with Gasteiger partial charge in [-0.1, -0.05) is 4.98 Å². The molecule has 0 bridgehead atoms. The zero-order valence-electron chi connectivity index (χ0n) is 17.3. The summed E-state index contributed by atoms with van der Waals surface area (Å²) in [4.78, 5) is 17.3. The van der Waals surface area contributed by atoms with Gasteiger partial charge in [-0.3, -0.25) is 0 Å². The highest BCUT2D eigenvalue weighted by molar-refractivity contribution is 5.68. The molecule has 12 heteroatoms. The molecule has 0 aromatic carbocycles. The summed E-state index contributed by atoms with van der Waals surface area (Å²) < 4.78 is 39.4. The lowest BCUT2D eigenvalue weighted by Gasteiger charge is -2.37. The first kappa shape index (κ1) is 21.1. The highest BCUT2D eigenvalue weighted by Crippen LogP contribution is 2.34. The number of nitrogens with one attached hydrogen (secondary N) is 1. The minimum atomic E-state index is -2.66. The Morgan fingerprint density at radius 3 is 2.68 bits per heavy atom. The van der Waals surface area contributed by atoms with Crippen molar-refractivity contribution in [3.63, 3.8) is 0 Å². The number of aryl methyl sites for hydroxylation is 1. The molecule has 31 heavy (non-hydrogen) atoms. The number of hydrogen-bond acceptors (Lipinski definition) is 7. The maximum absolute atomic E-state index is 13.5. The Hall–Kier alpha value is -3.18. The van der Waals surface area contributed by atoms with Crippen LogP contribution in [-0.2, 0) is 4.74 Å².